The second kappa shape index (κ2) is 5.61. The molecule has 1 aliphatic rings. The highest BCUT2D eigenvalue weighted by Gasteiger charge is 2.32. The van der Waals surface area contributed by atoms with Crippen LogP contribution in [0.5, 0.6) is 5.75 Å². The van der Waals surface area contributed by atoms with Gasteiger partial charge in [-0.2, -0.15) is 5.10 Å². The molecule has 2 aromatic rings. The molecule has 0 aliphatic heterocycles. The van der Waals surface area contributed by atoms with Gasteiger partial charge in [0.2, 0.25) is 0 Å². The van der Waals surface area contributed by atoms with Crippen LogP contribution in [0.25, 0.3) is 0 Å². The summed E-state index contributed by atoms with van der Waals surface area (Å²) in [6.45, 7) is 1.59. The molecule has 1 atom stereocenters. The average molecular weight is 278 g/mol. The highest BCUT2D eigenvalue weighted by molar-refractivity contribution is 6.30. The normalized spacial score (nSPS) is 16.3. The molecule has 0 amide bonds. The summed E-state index contributed by atoms with van der Waals surface area (Å²) in [5, 5.41) is 4.90. The lowest BCUT2D eigenvalue weighted by atomic mass is 10.1. The first-order valence-electron chi connectivity index (χ1n) is 6.52. The van der Waals surface area contributed by atoms with Crippen molar-refractivity contribution in [2.45, 2.75) is 19.4 Å². The Labute approximate surface area is 117 Å². The van der Waals surface area contributed by atoms with E-state index in [0.29, 0.717) is 12.5 Å². The molecule has 1 heterocycles. The van der Waals surface area contributed by atoms with Gasteiger partial charge in [0, 0.05) is 17.5 Å². The fraction of sp³-hybridized carbons (Fsp3) is 0.429. The third kappa shape index (κ3) is 3.47. The van der Waals surface area contributed by atoms with Gasteiger partial charge >= 0.3 is 0 Å². The number of rotatable bonds is 6. The molecular formula is C14H16ClN3O. The van der Waals surface area contributed by atoms with Crippen LogP contribution in [0.1, 0.15) is 12.8 Å². The lowest BCUT2D eigenvalue weighted by Crippen LogP contribution is -2.20. The fourth-order valence-corrected chi connectivity index (χ4v) is 2.33. The molecule has 1 unspecified atom stereocenters. The highest BCUT2D eigenvalue weighted by atomic mass is 35.5. The van der Waals surface area contributed by atoms with Crippen molar-refractivity contribution in [3.8, 4) is 5.75 Å². The number of aromatic nitrogens is 3. The summed E-state index contributed by atoms with van der Waals surface area (Å²) in [5.74, 6) is 2.13. The Morgan fingerprint density at radius 3 is 2.74 bits per heavy atom. The zero-order valence-corrected chi connectivity index (χ0v) is 11.3. The molecule has 3 rings (SSSR count). The van der Waals surface area contributed by atoms with E-state index in [0.717, 1.165) is 23.2 Å². The van der Waals surface area contributed by atoms with E-state index in [-0.39, 0.29) is 0 Å². The van der Waals surface area contributed by atoms with Gasteiger partial charge in [-0.3, -0.25) is 4.68 Å². The molecule has 100 valence electrons. The van der Waals surface area contributed by atoms with Gasteiger partial charge in [-0.05, 0) is 43.0 Å². The monoisotopic (exact) mass is 277 g/mol. The molecule has 0 spiro atoms. The summed E-state index contributed by atoms with van der Waals surface area (Å²) in [5.41, 5.74) is 0. The Balaban J connectivity index is 1.57. The van der Waals surface area contributed by atoms with E-state index in [1.807, 2.05) is 28.9 Å². The largest absolute Gasteiger partial charge is 0.493 e. The third-order valence-electron chi connectivity index (χ3n) is 3.45. The lowest BCUT2D eigenvalue weighted by Gasteiger charge is -2.17. The summed E-state index contributed by atoms with van der Waals surface area (Å²) in [6.07, 6.45) is 5.92. The third-order valence-corrected chi connectivity index (χ3v) is 3.71. The maximum atomic E-state index is 5.86. The summed E-state index contributed by atoms with van der Waals surface area (Å²) in [6, 6.07) is 7.50. The van der Waals surface area contributed by atoms with E-state index in [9.17, 15) is 0 Å². The molecule has 0 saturated heterocycles. The van der Waals surface area contributed by atoms with Crippen LogP contribution in [0.15, 0.2) is 36.9 Å². The van der Waals surface area contributed by atoms with Crippen molar-refractivity contribution < 1.29 is 4.74 Å². The van der Waals surface area contributed by atoms with Crippen molar-refractivity contribution in [2.24, 2.45) is 11.8 Å². The molecule has 0 N–H and O–H groups in total. The van der Waals surface area contributed by atoms with Gasteiger partial charge in [-0.1, -0.05) is 11.6 Å². The predicted molar refractivity (Wildman–Crippen MR) is 73.2 cm³/mol. The molecule has 4 nitrogen and oxygen atoms in total. The fourth-order valence-electron chi connectivity index (χ4n) is 2.21. The minimum Gasteiger partial charge on any atom is -0.493 e. The average Bonchev–Trinajstić information content (AvgIpc) is 3.14. The highest BCUT2D eigenvalue weighted by Crippen LogP contribution is 2.37. The number of nitrogens with zero attached hydrogens (tertiary/aromatic N) is 3. The quantitative estimate of drug-likeness (QED) is 0.815. The van der Waals surface area contributed by atoms with Crippen LogP contribution < -0.4 is 4.74 Å². The van der Waals surface area contributed by atoms with Crippen LogP contribution in [0.4, 0.5) is 0 Å². The first-order chi connectivity index (χ1) is 9.31. The molecule has 1 aromatic carbocycles. The van der Waals surface area contributed by atoms with Crippen LogP contribution in [-0.4, -0.2) is 21.4 Å². The number of hydrogen-bond acceptors (Lipinski definition) is 3. The van der Waals surface area contributed by atoms with E-state index in [2.05, 4.69) is 10.1 Å². The molecule has 0 radical (unpaired) electrons. The van der Waals surface area contributed by atoms with Crippen LogP contribution in [0.2, 0.25) is 5.02 Å². The van der Waals surface area contributed by atoms with Crippen molar-refractivity contribution >= 4 is 11.6 Å². The van der Waals surface area contributed by atoms with Gasteiger partial charge in [-0.15, -0.1) is 0 Å². The summed E-state index contributed by atoms with van der Waals surface area (Å²) in [4.78, 5) is 3.98. The minimum atomic E-state index is 0.498. The van der Waals surface area contributed by atoms with Crippen molar-refractivity contribution in [2.75, 3.05) is 6.61 Å². The first kappa shape index (κ1) is 12.5. The van der Waals surface area contributed by atoms with E-state index in [4.69, 9.17) is 16.3 Å². The van der Waals surface area contributed by atoms with Crippen LogP contribution >= 0.6 is 11.6 Å². The maximum absolute atomic E-state index is 5.86. The Bertz CT molecular complexity index is 508. The number of hydrogen-bond donors (Lipinski definition) is 0. The Morgan fingerprint density at radius 1 is 1.32 bits per heavy atom. The van der Waals surface area contributed by atoms with E-state index in [1.54, 1.807) is 12.7 Å². The molecule has 1 aromatic heterocycles. The van der Waals surface area contributed by atoms with Gasteiger partial charge in [0.25, 0.3) is 0 Å². The number of ether oxygens (including phenoxy) is 1. The molecule has 1 saturated carbocycles. The zero-order chi connectivity index (χ0) is 13.1. The molecule has 19 heavy (non-hydrogen) atoms. The van der Waals surface area contributed by atoms with Crippen LogP contribution in [-0.2, 0) is 6.54 Å². The van der Waals surface area contributed by atoms with Gasteiger partial charge < -0.3 is 4.74 Å². The van der Waals surface area contributed by atoms with Crippen molar-refractivity contribution in [1.29, 1.82) is 0 Å². The summed E-state index contributed by atoms with van der Waals surface area (Å²) < 4.78 is 7.74. The molecule has 1 fully saturated rings. The number of benzene rings is 1. The standard InChI is InChI=1S/C14H16ClN3O/c15-13-3-5-14(6-4-13)19-8-12(11-1-2-11)7-18-10-16-9-17-18/h3-6,9-12H,1-2,7-8H2. The topological polar surface area (TPSA) is 39.9 Å². The summed E-state index contributed by atoms with van der Waals surface area (Å²) >= 11 is 5.86. The molecular weight excluding hydrogens is 262 g/mol. The number of halogens is 1. The van der Waals surface area contributed by atoms with Crippen molar-refractivity contribution in [3.63, 3.8) is 0 Å². The Morgan fingerprint density at radius 2 is 2.11 bits per heavy atom. The lowest BCUT2D eigenvalue weighted by molar-refractivity contribution is 0.208. The Kier molecular flexibility index (Phi) is 3.69. The second-order valence-corrected chi connectivity index (χ2v) is 5.42. The predicted octanol–water partition coefficient (Wildman–Crippen LogP) is 3.04. The summed E-state index contributed by atoms with van der Waals surface area (Å²) in [7, 11) is 0. The molecule has 5 heteroatoms. The molecule has 0 bridgehead atoms. The van der Waals surface area contributed by atoms with Crippen LogP contribution in [0.3, 0.4) is 0 Å². The van der Waals surface area contributed by atoms with Gasteiger partial charge in [0.05, 0.1) is 6.61 Å². The van der Waals surface area contributed by atoms with Crippen molar-refractivity contribution in [3.05, 3.63) is 41.9 Å². The molecule has 1 aliphatic carbocycles. The van der Waals surface area contributed by atoms with E-state index < -0.39 is 0 Å². The Hall–Kier alpha value is -1.55. The van der Waals surface area contributed by atoms with E-state index >= 15 is 0 Å². The van der Waals surface area contributed by atoms with Crippen molar-refractivity contribution in [1.82, 2.24) is 14.8 Å². The SMILES string of the molecule is Clc1ccc(OCC(Cn2cncn2)C2CC2)cc1. The minimum absolute atomic E-state index is 0.498. The first-order valence-corrected chi connectivity index (χ1v) is 6.90. The second-order valence-electron chi connectivity index (χ2n) is 4.98. The maximum Gasteiger partial charge on any atom is 0.137 e. The van der Waals surface area contributed by atoms with Gasteiger partial charge in [0.15, 0.2) is 0 Å². The van der Waals surface area contributed by atoms with Crippen LogP contribution in [0, 0.1) is 11.8 Å². The van der Waals surface area contributed by atoms with Gasteiger partial charge in [0.1, 0.15) is 18.4 Å². The zero-order valence-electron chi connectivity index (χ0n) is 10.6. The van der Waals surface area contributed by atoms with Gasteiger partial charge in [-0.25, -0.2) is 4.98 Å². The van der Waals surface area contributed by atoms with E-state index in [1.165, 1.54) is 12.8 Å². The smallest absolute Gasteiger partial charge is 0.137 e.